The molecule has 1 rings (SSSR count). The van der Waals surface area contributed by atoms with E-state index in [2.05, 4.69) is 0 Å². The van der Waals surface area contributed by atoms with Crippen molar-refractivity contribution in [1.29, 1.82) is 0 Å². The van der Waals surface area contributed by atoms with Crippen molar-refractivity contribution in [2.24, 2.45) is 0 Å². The molecule has 0 fully saturated rings. The van der Waals surface area contributed by atoms with E-state index in [0.29, 0.717) is 12.4 Å². The average Bonchev–Trinajstić information content (AvgIpc) is 2.58. The van der Waals surface area contributed by atoms with Crippen LogP contribution in [0.4, 0.5) is 0 Å². The normalized spacial score (nSPS) is 9.91. The second kappa shape index (κ2) is 9.55. The topological polar surface area (TPSA) is 80.3 Å². The fourth-order valence-corrected chi connectivity index (χ4v) is 1.82. The Kier molecular flexibility index (Phi) is 7.73. The first-order valence-corrected chi connectivity index (χ1v) is 7.20. The number of hydrogen-bond acceptors (Lipinski definition) is 7. The van der Waals surface area contributed by atoms with Crippen LogP contribution in [-0.4, -0.2) is 46.5 Å². The molecule has 0 radical (unpaired) electrons. The van der Waals surface area contributed by atoms with Gasteiger partial charge in [-0.1, -0.05) is 13.3 Å². The predicted octanol–water partition coefficient (Wildman–Crippen LogP) is 2.21. The van der Waals surface area contributed by atoms with Crippen molar-refractivity contribution in [3.05, 3.63) is 17.7 Å². The van der Waals surface area contributed by atoms with Crippen LogP contribution >= 0.6 is 0 Å². The first-order valence-electron chi connectivity index (χ1n) is 7.20. The summed E-state index contributed by atoms with van der Waals surface area (Å²) in [5.74, 6) is -0.489. The van der Waals surface area contributed by atoms with Crippen LogP contribution in [0, 0.1) is 0 Å². The zero-order chi connectivity index (χ0) is 17.2. The standard InChI is InChI=1S/C16H22O7/c1-5-6-9-22-13(17)10-23-14-11(16(18)21-4)7-8-12(19-2)15(14)20-3/h7-8H,5-6,9-10H2,1-4H3. The molecule has 0 heterocycles. The molecular weight excluding hydrogens is 304 g/mol. The van der Waals surface area contributed by atoms with Gasteiger partial charge in [0.25, 0.3) is 0 Å². The van der Waals surface area contributed by atoms with E-state index in [4.69, 9.17) is 23.7 Å². The SMILES string of the molecule is CCCCOC(=O)COc1c(C(=O)OC)ccc(OC)c1OC. The largest absolute Gasteiger partial charge is 0.493 e. The van der Waals surface area contributed by atoms with Crippen LogP contribution in [0.25, 0.3) is 0 Å². The molecule has 23 heavy (non-hydrogen) atoms. The lowest BCUT2D eigenvalue weighted by Crippen LogP contribution is -2.17. The maximum absolute atomic E-state index is 11.8. The molecule has 0 unspecified atom stereocenters. The molecule has 0 aliphatic heterocycles. The van der Waals surface area contributed by atoms with Crippen LogP contribution in [0.15, 0.2) is 12.1 Å². The van der Waals surface area contributed by atoms with Crippen LogP contribution in [0.1, 0.15) is 30.1 Å². The van der Waals surface area contributed by atoms with Crippen molar-refractivity contribution in [3.63, 3.8) is 0 Å². The maximum Gasteiger partial charge on any atom is 0.344 e. The Morgan fingerprint density at radius 2 is 1.78 bits per heavy atom. The van der Waals surface area contributed by atoms with Crippen LogP contribution in [0.2, 0.25) is 0 Å². The highest BCUT2D eigenvalue weighted by molar-refractivity contribution is 5.94. The number of hydrogen-bond donors (Lipinski definition) is 0. The smallest absolute Gasteiger partial charge is 0.344 e. The molecule has 128 valence electrons. The lowest BCUT2D eigenvalue weighted by Gasteiger charge is -2.16. The highest BCUT2D eigenvalue weighted by Gasteiger charge is 2.22. The summed E-state index contributed by atoms with van der Waals surface area (Å²) in [6.07, 6.45) is 1.70. The first kappa shape index (κ1) is 18.6. The summed E-state index contributed by atoms with van der Waals surface area (Å²) in [4.78, 5) is 23.5. The minimum atomic E-state index is -0.611. The molecular formula is C16H22O7. The number of esters is 2. The van der Waals surface area contributed by atoms with Gasteiger partial charge in [-0.25, -0.2) is 9.59 Å². The van der Waals surface area contributed by atoms with E-state index in [9.17, 15) is 9.59 Å². The number of benzene rings is 1. The highest BCUT2D eigenvalue weighted by Crippen LogP contribution is 2.40. The van der Waals surface area contributed by atoms with Crippen LogP contribution in [0.5, 0.6) is 17.2 Å². The van der Waals surface area contributed by atoms with Crippen molar-refractivity contribution in [1.82, 2.24) is 0 Å². The summed E-state index contributed by atoms with van der Waals surface area (Å²) in [5, 5.41) is 0. The van der Waals surface area contributed by atoms with E-state index in [1.807, 2.05) is 6.92 Å². The molecule has 7 heteroatoms. The molecule has 0 saturated carbocycles. The molecule has 0 N–H and O–H groups in total. The molecule has 0 amide bonds. The third-order valence-corrected chi connectivity index (χ3v) is 3.00. The molecule has 0 atom stereocenters. The van der Waals surface area contributed by atoms with E-state index >= 15 is 0 Å². The van der Waals surface area contributed by atoms with Gasteiger partial charge in [0.2, 0.25) is 5.75 Å². The Bertz CT molecular complexity index is 539. The Hall–Kier alpha value is -2.44. The molecule has 1 aromatic rings. The van der Waals surface area contributed by atoms with E-state index in [1.165, 1.54) is 27.4 Å². The molecule has 7 nitrogen and oxygen atoms in total. The lowest BCUT2D eigenvalue weighted by atomic mass is 10.1. The first-order chi connectivity index (χ1) is 11.1. The zero-order valence-corrected chi connectivity index (χ0v) is 13.8. The van der Waals surface area contributed by atoms with Gasteiger partial charge in [0, 0.05) is 0 Å². The number of unbranched alkanes of at least 4 members (excludes halogenated alkanes) is 1. The molecule has 0 bridgehead atoms. The van der Waals surface area contributed by atoms with Gasteiger partial charge in [-0.3, -0.25) is 0 Å². The maximum atomic E-state index is 11.8. The van der Waals surface area contributed by atoms with Gasteiger partial charge < -0.3 is 23.7 Å². The second-order valence-corrected chi connectivity index (χ2v) is 4.53. The quantitative estimate of drug-likeness (QED) is 0.508. The van der Waals surface area contributed by atoms with Gasteiger partial charge in [-0.05, 0) is 18.6 Å². The third-order valence-electron chi connectivity index (χ3n) is 3.00. The summed E-state index contributed by atoms with van der Waals surface area (Å²) in [7, 11) is 4.12. The number of carbonyl (C=O) groups excluding carboxylic acids is 2. The third kappa shape index (κ3) is 5.05. The van der Waals surface area contributed by atoms with Crippen molar-refractivity contribution in [2.75, 3.05) is 34.5 Å². The number of carbonyl (C=O) groups is 2. The summed E-state index contributed by atoms with van der Waals surface area (Å²) in [6, 6.07) is 3.03. The fourth-order valence-electron chi connectivity index (χ4n) is 1.82. The van der Waals surface area contributed by atoms with E-state index in [-0.39, 0.29) is 23.7 Å². The second-order valence-electron chi connectivity index (χ2n) is 4.53. The van der Waals surface area contributed by atoms with Gasteiger partial charge >= 0.3 is 11.9 Å². The van der Waals surface area contributed by atoms with Gasteiger partial charge in [0.1, 0.15) is 5.56 Å². The summed E-state index contributed by atoms with van der Waals surface area (Å²) in [5.41, 5.74) is 0.131. The minimum absolute atomic E-state index is 0.0751. The molecule has 0 spiro atoms. The average molecular weight is 326 g/mol. The fraction of sp³-hybridized carbons (Fsp3) is 0.500. The highest BCUT2D eigenvalue weighted by atomic mass is 16.6. The lowest BCUT2D eigenvalue weighted by molar-refractivity contribution is -0.146. The summed E-state index contributed by atoms with van der Waals surface area (Å²) >= 11 is 0. The minimum Gasteiger partial charge on any atom is -0.493 e. The summed E-state index contributed by atoms with van der Waals surface area (Å²) < 4.78 is 25.5. The Morgan fingerprint density at radius 3 is 2.35 bits per heavy atom. The number of ether oxygens (including phenoxy) is 5. The van der Waals surface area contributed by atoms with Crippen LogP contribution in [-0.2, 0) is 14.3 Å². The number of rotatable bonds is 9. The predicted molar refractivity (Wildman–Crippen MR) is 82.2 cm³/mol. The van der Waals surface area contributed by atoms with Crippen LogP contribution in [0.3, 0.4) is 0 Å². The summed E-state index contributed by atoms with van der Waals surface area (Å²) in [6.45, 7) is 1.98. The monoisotopic (exact) mass is 326 g/mol. The van der Waals surface area contributed by atoms with Crippen molar-refractivity contribution < 1.29 is 33.3 Å². The zero-order valence-electron chi connectivity index (χ0n) is 13.8. The Labute approximate surface area is 135 Å². The Balaban J connectivity index is 2.96. The molecule has 0 aliphatic carbocycles. The molecule has 0 aromatic heterocycles. The van der Waals surface area contributed by atoms with Gasteiger partial charge in [-0.15, -0.1) is 0 Å². The Morgan fingerprint density at radius 1 is 1.04 bits per heavy atom. The van der Waals surface area contributed by atoms with Gasteiger partial charge in [0.05, 0.1) is 27.9 Å². The van der Waals surface area contributed by atoms with E-state index < -0.39 is 11.9 Å². The number of methoxy groups -OCH3 is 3. The van der Waals surface area contributed by atoms with Crippen molar-refractivity contribution in [2.45, 2.75) is 19.8 Å². The van der Waals surface area contributed by atoms with Gasteiger partial charge in [0.15, 0.2) is 18.1 Å². The molecule has 1 aromatic carbocycles. The molecule has 0 aliphatic rings. The van der Waals surface area contributed by atoms with Crippen LogP contribution < -0.4 is 14.2 Å². The van der Waals surface area contributed by atoms with Gasteiger partial charge in [-0.2, -0.15) is 0 Å². The van der Waals surface area contributed by atoms with Crippen molar-refractivity contribution in [3.8, 4) is 17.2 Å². The van der Waals surface area contributed by atoms with E-state index in [0.717, 1.165) is 12.8 Å². The van der Waals surface area contributed by atoms with Crippen molar-refractivity contribution >= 4 is 11.9 Å². The van der Waals surface area contributed by atoms with E-state index in [1.54, 1.807) is 6.07 Å². The molecule has 0 saturated heterocycles.